The van der Waals surface area contributed by atoms with Gasteiger partial charge in [0, 0.05) is 10.7 Å². The van der Waals surface area contributed by atoms with E-state index in [1.165, 1.54) is 51.4 Å². The first-order chi connectivity index (χ1) is 8.11. The molecule has 3 heteroatoms. The van der Waals surface area contributed by atoms with E-state index in [2.05, 4.69) is 38.8 Å². The standard InChI is InChI=1S/C14H24Br2O/c1-13(10-15,11-16)9-12-5-8-14(17-12)6-3-2-4-7-14/h12H,2-11H2,1H3. The van der Waals surface area contributed by atoms with Gasteiger partial charge in [-0.2, -0.15) is 0 Å². The normalized spacial score (nSPS) is 28.8. The molecule has 100 valence electrons. The highest BCUT2D eigenvalue weighted by atomic mass is 79.9. The summed E-state index contributed by atoms with van der Waals surface area (Å²) in [5.41, 5.74) is 0.618. The van der Waals surface area contributed by atoms with Gasteiger partial charge in [0.15, 0.2) is 0 Å². The summed E-state index contributed by atoms with van der Waals surface area (Å²) >= 11 is 7.28. The second kappa shape index (κ2) is 5.92. The molecule has 1 aliphatic heterocycles. The van der Waals surface area contributed by atoms with Gasteiger partial charge in [-0.15, -0.1) is 0 Å². The summed E-state index contributed by atoms with van der Waals surface area (Å²) in [6.07, 6.45) is 11.0. The van der Waals surface area contributed by atoms with Crippen molar-refractivity contribution in [3.8, 4) is 0 Å². The lowest BCUT2D eigenvalue weighted by molar-refractivity contribution is -0.0728. The van der Waals surface area contributed by atoms with Gasteiger partial charge in [0.1, 0.15) is 0 Å². The van der Waals surface area contributed by atoms with E-state index in [4.69, 9.17) is 4.74 Å². The first kappa shape index (κ1) is 14.3. The lowest BCUT2D eigenvalue weighted by Crippen LogP contribution is -2.33. The number of alkyl halides is 2. The maximum absolute atomic E-state index is 6.45. The van der Waals surface area contributed by atoms with E-state index in [1.807, 2.05) is 0 Å². The van der Waals surface area contributed by atoms with Crippen LogP contribution in [0.1, 0.15) is 58.3 Å². The fourth-order valence-corrected chi connectivity index (χ4v) is 4.68. The average Bonchev–Trinajstić information content (AvgIpc) is 2.72. The molecule has 1 nitrogen and oxygen atoms in total. The molecular weight excluding hydrogens is 344 g/mol. The Morgan fingerprint density at radius 2 is 1.76 bits per heavy atom. The van der Waals surface area contributed by atoms with Crippen LogP contribution in [-0.4, -0.2) is 22.4 Å². The van der Waals surface area contributed by atoms with Gasteiger partial charge >= 0.3 is 0 Å². The summed E-state index contributed by atoms with van der Waals surface area (Å²) in [6, 6.07) is 0. The van der Waals surface area contributed by atoms with E-state index in [0.717, 1.165) is 10.7 Å². The third kappa shape index (κ3) is 3.48. The average molecular weight is 368 g/mol. The molecule has 1 heterocycles. The minimum Gasteiger partial charge on any atom is -0.372 e. The topological polar surface area (TPSA) is 9.23 Å². The van der Waals surface area contributed by atoms with Crippen molar-refractivity contribution in [2.24, 2.45) is 5.41 Å². The minimum absolute atomic E-state index is 0.280. The van der Waals surface area contributed by atoms with Crippen LogP contribution in [0.4, 0.5) is 0 Å². The lowest BCUT2D eigenvalue weighted by atomic mass is 9.82. The Bertz CT molecular complexity index is 245. The van der Waals surface area contributed by atoms with Gasteiger partial charge in [-0.25, -0.2) is 0 Å². The molecule has 0 radical (unpaired) electrons. The van der Waals surface area contributed by atoms with Gasteiger partial charge in [-0.3, -0.25) is 0 Å². The minimum atomic E-state index is 0.280. The van der Waals surface area contributed by atoms with Crippen LogP contribution in [0.25, 0.3) is 0 Å². The second-order valence-electron chi connectivity index (χ2n) is 6.30. The van der Waals surface area contributed by atoms with Gasteiger partial charge in [0.2, 0.25) is 0 Å². The summed E-state index contributed by atoms with van der Waals surface area (Å²) in [5.74, 6) is 0. The summed E-state index contributed by atoms with van der Waals surface area (Å²) in [5, 5.41) is 2.11. The van der Waals surface area contributed by atoms with Gasteiger partial charge in [0.25, 0.3) is 0 Å². The van der Waals surface area contributed by atoms with Crippen LogP contribution in [0.2, 0.25) is 0 Å². The molecule has 1 aliphatic carbocycles. The fraction of sp³-hybridized carbons (Fsp3) is 1.00. The zero-order chi connectivity index (χ0) is 12.4. The Morgan fingerprint density at radius 3 is 2.35 bits per heavy atom. The molecule has 2 fully saturated rings. The summed E-state index contributed by atoms with van der Waals surface area (Å²) in [6.45, 7) is 2.34. The van der Waals surface area contributed by atoms with Crippen molar-refractivity contribution in [1.82, 2.24) is 0 Å². The van der Waals surface area contributed by atoms with Crippen LogP contribution in [0, 0.1) is 5.41 Å². The molecule has 0 aromatic heterocycles. The first-order valence-electron chi connectivity index (χ1n) is 6.91. The van der Waals surface area contributed by atoms with Gasteiger partial charge in [-0.1, -0.05) is 58.0 Å². The number of hydrogen-bond donors (Lipinski definition) is 0. The number of halogens is 2. The molecule has 1 spiro atoms. The maximum atomic E-state index is 6.45. The van der Waals surface area contributed by atoms with Crippen LogP contribution in [0.15, 0.2) is 0 Å². The highest BCUT2D eigenvalue weighted by molar-refractivity contribution is 9.09. The molecule has 0 aromatic rings. The number of hydrogen-bond acceptors (Lipinski definition) is 1. The molecule has 0 amide bonds. The molecule has 2 rings (SSSR count). The highest BCUT2D eigenvalue weighted by Gasteiger charge is 2.42. The third-order valence-corrected chi connectivity index (χ3v) is 7.18. The van der Waals surface area contributed by atoms with Crippen molar-refractivity contribution in [2.75, 3.05) is 10.7 Å². The van der Waals surface area contributed by atoms with Crippen molar-refractivity contribution in [3.63, 3.8) is 0 Å². The molecule has 1 atom stereocenters. The van der Waals surface area contributed by atoms with E-state index >= 15 is 0 Å². The molecule has 0 N–H and O–H groups in total. The smallest absolute Gasteiger partial charge is 0.0687 e. The molecule has 0 bridgehead atoms. The Kier molecular flexibility index (Phi) is 4.99. The molecular formula is C14H24Br2O. The van der Waals surface area contributed by atoms with Crippen molar-refractivity contribution < 1.29 is 4.74 Å². The van der Waals surface area contributed by atoms with E-state index < -0.39 is 0 Å². The summed E-state index contributed by atoms with van der Waals surface area (Å²) in [4.78, 5) is 0. The summed E-state index contributed by atoms with van der Waals surface area (Å²) in [7, 11) is 0. The maximum Gasteiger partial charge on any atom is 0.0687 e. The van der Waals surface area contributed by atoms with Crippen LogP contribution in [-0.2, 0) is 4.74 Å². The Hall–Kier alpha value is 0.920. The predicted octanol–water partition coefficient (Wildman–Crippen LogP) is 5.05. The second-order valence-corrected chi connectivity index (χ2v) is 7.43. The Balaban J connectivity index is 1.89. The van der Waals surface area contributed by atoms with E-state index in [0.29, 0.717) is 11.5 Å². The predicted molar refractivity (Wildman–Crippen MR) is 80.2 cm³/mol. The summed E-state index contributed by atoms with van der Waals surface area (Å²) < 4.78 is 6.45. The molecule has 1 saturated heterocycles. The number of ether oxygens (including phenoxy) is 1. The Morgan fingerprint density at radius 1 is 1.12 bits per heavy atom. The zero-order valence-corrected chi connectivity index (χ0v) is 14.0. The quantitative estimate of drug-likeness (QED) is 0.631. The molecule has 2 aliphatic rings. The molecule has 1 saturated carbocycles. The van der Waals surface area contributed by atoms with Crippen LogP contribution >= 0.6 is 31.9 Å². The van der Waals surface area contributed by atoms with E-state index in [1.54, 1.807) is 0 Å². The lowest BCUT2D eigenvalue weighted by Gasteiger charge is -2.35. The zero-order valence-electron chi connectivity index (χ0n) is 10.8. The van der Waals surface area contributed by atoms with Gasteiger partial charge in [0.05, 0.1) is 11.7 Å². The first-order valence-corrected chi connectivity index (χ1v) is 9.16. The third-order valence-electron chi connectivity index (χ3n) is 4.47. The largest absolute Gasteiger partial charge is 0.372 e. The Labute approximate surface area is 122 Å². The molecule has 1 unspecified atom stereocenters. The van der Waals surface area contributed by atoms with E-state index in [-0.39, 0.29) is 5.60 Å². The number of rotatable bonds is 4. The van der Waals surface area contributed by atoms with Crippen molar-refractivity contribution in [1.29, 1.82) is 0 Å². The van der Waals surface area contributed by atoms with Crippen LogP contribution in [0.5, 0.6) is 0 Å². The SMILES string of the molecule is CC(CBr)(CBr)CC1CCC2(CCCCC2)O1. The van der Waals surface area contributed by atoms with Crippen molar-refractivity contribution in [3.05, 3.63) is 0 Å². The monoisotopic (exact) mass is 366 g/mol. The molecule has 0 aromatic carbocycles. The van der Waals surface area contributed by atoms with Crippen molar-refractivity contribution >= 4 is 31.9 Å². The van der Waals surface area contributed by atoms with E-state index in [9.17, 15) is 0 Å². The van der Waals surface area contributed by atoms with Gasteiger partial charge in [-0.05, 0) is 37.5 Å². The van der Waals surface area contributed by atoms with Crippen LogP contribution < -0.4 is 0 Å². The van der Waals surface area contributed by atoms with Crippen LogP contribution in [0.3, 0.4) is 0 Å². The van der Waals surface area contributed by atoms with Gasteiger partial charge < -0.3 is 4.74 Å². The molecule has 17 heavy (non-hydrogen) atoms. The highest BCUT2D eigenvalue weighted by Crippen LogP contribution is 2.44. The van der Waals surface area contributed by atoms with Crippen molar-refractivity contribution in [2.45, 2.75) is 70.0 Å². The fourth-order valence-electron chi connectivity index (χ4n) is 3.30.